The van der Waals surface area contributed by atoms with Crippen molar-refractivity contribution in [1.29, 1.82) is 0 Å². The van der Waals surface area contributed by atoms with Crippen LogP contribution < -0.4 is 14.8 Å². The fraction of sp³-hybridized carbons (Fsp3) is 0.158. The van der Waals surface area contributed by atoms with E-state index < -0.39 is 0 Å². The predicted molar refractivity (Wildman–Crippen MR) is 117 cm³/mol. The Bertz CT molecular complexity index is 927. The van der Waals surface area contributed by atoms with Crippen LogP contribution in [0.3, 0.4) is 0 Å². The second-order valence-corrected chi connectivity index (χ2v) is 8.23. The first-order valence-electron chi connectivity index (χ1n) is 8.05. The van der Waals surface area contributed by atoms with E-state index in [4.69, 9.17) is 9.47 Å². The molecule has 3 rings (SSSR count). The number of carbonyl (C=O) groups excluding carboxylic acids is 1. The maximum absolute atomic E-state index is 12.3. The number of hydrogen-bond acceptors (Lipinski definition) is 5. The van der Waals surface area contributed by atoms with Gasteiger partial charge in [0.25, 0.3) is 5.91 Å². The largest absolute Gasteiger partial charge is 0.492 e. The van der Waals surface area contributed by atoms with E-state index >= 15 is 0 Å². The average Bonchev–Trinajstić information content (AvgIpc) is 2.96. The second-order valence-electron chi connectivity index (χ2n) is 5.43. The van der Waals surface area contributed by atoms with Gasteiger partial charge in [-0.3, -0.25) is 4.79 Å². The van der Waals surface area contributed by atoms with E-state index in [-0.39, 0.29) is 5.91 Å². The first-order valence-corrected chi connectivity index (χ1v) is 10.5. The monoisotopic (exact) mass is 510 g/mol. The lowest BCUT2D eigenvalue weighted by atomic mass is 10.2. The van der Waals surface area contributed by atoms with Crippen LogP contribution in [0.1, 0.15) is 12.5 Å². The summed E-state index contributed by atoms with van der Waals surface area (Å²) in [7, 11) is 1.59. The molecule has 1 amide bonds. The summed E-state index contributed by atoms with van der Waals surface area (Å²) in [6, 6.07) is 11.3. The number of rotatable bonds is 5. The van der Waals surface area contributed by atoms with Crippen LogP contribution in [0.2, 0.25) is 0 Å². The molecule has 1 aliphatic heterocycles. The van der Waals surface area contributed by atoms with Gasteiger partial charge in [-0.1, -0.05) is 15.9 Å². The number of hydrogen-bond donors (Lipinski definition) is 1. The lowest BCUT2D eigenvalue weighted by molar-refractivity contribution is -0.115. The zero-order valence-corrected chi connectivity index (χ0v) is 18.6. The number of carbonyl (C=O) groups is 1. The number of halogens is 2. The SMILES string of the molecule is CCOc1cc(C=C2SC(=Nc3ccc(Br)cc3)NC2=O)cc(Br)c1OC. The molecule has 27 heavy (non-hydrogen) atoms. The van der Waals surface area contributed by atoms with Crippen molar-refractivity contribution in [1.82, 2.24) is 5.32 Å². The Labute approximate surface area is 178 Å². The highest BCUT2D eigenvalue weighted by molar-refractivity contribution is 9.10. The first-order chi connectivity index (χ1) is 13.0. The number of ether oxygens (including phenoxy) is 2. The van der Waals surface area contributed by atoms with E-state index in [2.05, 4.69) is 42.2 Å². The van der Waals surface area contributed by atoms with E-state index in [1.165, 1.54) is 11.8 Å². The van der Waals surface area contributed by atoms with Crippen molar-refractivity contribution >= 4 is 66.5 Å². The normalized spacial score (nSPS) is 16.7. The molecule has 0 unspecified atom stereocenters. The number of nitrogens with one attached hydrogen (secondary N) is 1. The second kappa shape index (κ2) is 8.95. The smallest absolute Gasteiger partial charge is 0.264 e. The van der Waals surface area contributed by atoms with Crippen LogP contribution in [0.5, 0.6) is 11.5 Å². The summed E-state index contributed by atoms with van der Waals surface area (Å²) in [6.07, 6.45) is 1.80. The number of amidine groups is 1. The number of nitrogens with zero attached hydrogens (tertiary/aromatic N) is 1. The summed E-state index contributed by atoms with van der Waals surface area (Å²) in [5, 5.41) is 3.34. The van der Waals surface area contributed by atoms with Crippen LogP contribution in [-0.2, 0) is 4.79 Å². The van der Waals surface area contributed by atoms with Gasteiger partial charge in [0.15, 0.2) is 16.7 Å². The highest BCUT2D eigenvalue weighted by atomic mass is 79.9. The molecule has 0 bridgehead atoms. The van der Waals surface area contributed by atoms with E-state index in [1.54, 1.807) is 13.2 Å². The molecule has 1 N–H and O–H groups in total. The van der Waals surface area contributed by atoms with Crippen LogP contribution in [0, 0.1) is 0 Å². The van der Waals surface area contributed by atoms with E-state index in [0.717, 1.165) is 20.2 Å². The fourth-order valence-electron chi connectivity index (χ4n) is 2.40. The molecular formula is C19H16Br2N2O3S. The third-order valence-electron chi connectivity index (χ3n) is 3.54. The molecular weight excluding hydrogens is 496 g/mol. The van der Waals surface area contributed by atoms with Gasteiger partial charge in [0.1, 0.15) is 0 Å². The summed E-state index contributed by atoms with van der Waals surface area (Å²) >= 11 is 8.18. The molecule has 5 nitrogen and oxygen atoms in total. The fourth-order valence-corrected chi connectivity index (χ4v) is 4.12. The third-order valence-corrected chi connectivity index (χ3v) is 5.57. The molecule has 140 valence electrons. The van der Waals surface area contributed by atoms with Crippen LogP contribution in [-0.4, -0.2) is 24.8 Å². The van der Waals surface area contributed by atoms with Crippen LogP contribution in [0.15, 0.2) is 55.2 Å². The van der Waals surface area contributed by atoms with Gasteiger partial charge in [-0.15, -0.1) is 0 Å². The average molecular weight is 512 g/mol. The molecule has 0 radical (unpaired) electrons. The Kier molecular flexibility index (Phi) is 6.62. The summed E-state index contributed by atoms with van der Waals surface area (Å²) in [6.45, 7) is 2.42. The summed E-state index contributed by atoms with van der Waals surface area (Å²) in [5.41, 5.74) is 1.60. The molecule has 0 saturated carbocycles. The van der Waals surface area contributed by atoms with Gasteiger partial charge in [0.2, 0.25) is 0 Å². The van der Waals surface area contributed by atoms with Gasteiger partial charge < -0.3 is 14.8 Å². The highest BCUT2D eigenvalue weighted by Crippen LogP contribution is 2.38. The molecule has 0 spiro atoms. The summed E-state index contributed by atoms with van der Waals surface area (Å²) in [4.78, 5) is 17.3. The number of methoxy groups -OCH3 is 1. The topological polar surface area (TPSA) is 59.9 Å². The van der Waals surface area contributed by atoms with Crippen LogP contribution in [0.25, 0.3) is 6.08 Å². The molecule has 8 heteroatoms. The van der Waals surface area contributed by atoms with Crippen molar-refractivity contribution in [2.45, 2.75) is 6.92 Å². The number of amides is 1. The molecule has 1 heterocycles. The molecule has 0 atom stereocenters. The van der Waals surface area contributed by atoms with Gasteiger partial charge in [0, 0.05) is 4.47 Å². The number of aliphatic imine (C=N–C) groups is 1. The number of thioether (sulfide) groups is 1. The standard InChI is InChI=1S/C19H16Br2N2O3S/c1-3-26-15-9-11(8-14(21)17(15)25-2)10-16-18(24)23-19(27-16)22-13-6-4-12(20)5-7-13/h4-10H,3H2,1-2H3,(H,22,23,24). The molecule has 0 aliphatic carbocycles. The maximum atomic E-state index is 12.3. The third kappa shape index (κ3) is 4.94. The highest BCUT2D eigenvalue weighted by Gasteiger charge is 2.24. The van der Waals surface area contributed by atoms with E-state index in [0.29, 0.717) is 28.2 Å². The summed E-state index contributed by atoms with van der Waals surface area (Å²) < 4.78 is 12.7. The Morgan fingerprint density at radius 3 is 2.63 bits per heavy atom. The molecule has 2 aromatic carbocycles. The zero-order chi connectivity index (χ0) is 19.4. The molecule has 1 fully saturated rings. The van der Waals surface area contributed by atoms with Gasteiger partial charge in [-0.25, -0.2) is 4.99 Å². The number of benzene rings is 2. The molecule has 0 aromatic heterocycles. The van der Waals surface area contributed by atoms with Crippen molar-refractivity contribution in [3.63, 3.8) is 0 Å². The summed E-state index contributed by atoms with van der Waals surface area (Å²) in [5.74, 6) is 1.06. The van der Waals surface area contributed by atoms with E-state index in [9.17, 15) is 4.79 Å². The van der Waals surface area contributed by atoms with Crippen molar-refractivity contribution in [2.24, 2.45) is 4.99 Å². The molecule has 1 aliphatic rings. The zero-order valence-electron chi connectivity index (χ0n) is 14.6. The Morgan fingerprint density at radius 2 is 1.96 bits per heavy atom. The lowest BCUT2D eigenvalue weighted by Crippen LogP contribution is -2.19. The van der Waals surface area contributed by atoms with Crippen molar-refractivity contribution in [3.05, 3.63) is 55.8 Å². The van der Waals surface area contributed by atoms with E-state index in [1.807, 2.05) is 43.3 Å². The minimum absolute atomic E-state index is 0.180. The van der Waals surface area contributed by atoms with Crippen molar-refractivity contribution in [3.8, 4) is 11.5 Å². The van der Waals surface area contributed by atoms with Crippen LogP contribution >= 0.6 is 43.6 Å². The quantitative estimate of drug-likeness (QED) is 0.537. The molecule has 1 saturated heterocycles. The maximum Gasteiger partial charge on any atom is 0.264 e. The Hall–Kier alpha value is -1.77. The Morgan fingerprint density at radius 1 is 1.22 bits per heavy atom. The van der Waals surface area contributed by atoms with Crippen molar-refractivity contribution in [2.75, 3.05) is 13.7 Å². The van der Waals surface area contributed by atoms with Crippen molar-refractivity contribution < 1.29 is 14.3 Å². The Balaban J connectivity index is 1.87. The minimum atomic E-state index is -0.180. The minimum Gasteiger partial charge on any atom is -0.492 e. The first kappa shape index (κ1) is 20.0. The van der Waals surface area contributed by atoms with Crippen LogP contribution in [0.4, 0.5) is 5.69 Å². The predicted octanol–water partition coefficient (Wildman–Crippen LogP) is 5.51. The lowest BCUT2D eigenvalue weighted by Gasteiger charge is -2.12. The van der Waals surface area contributed by atoms with Gasteiger partial charge in [-0.05, 0) is 82.7 Å². The van der Waals surface area contributed by atoms with Gasteiger partial charge in [0.05, 0.1) is 28.8 Å². The van der Waals surface area contributed by atoms with Gasteiger partial charge in [-0.2, -0.15) is 0 Å². The van der Waals surface area contributed by atoms with Gasteiger partial charge >= 0.3 is 0 Å². The molecule has 2 aromatic rings.